The third-order valence-corrected chi connectivity index (χ3v) is 3.62. The predicted octanol–water partition coefficient (Wildman–Crippen LogP) is 2.81. The van der Waals surface area contributed by atoms with Crippen LogP contribution in [0.2, 0.25) is 0 Å². The molecule has 0 saturated carbocycles. The van der Waals surface area contributed by atoms with Crippen molar-refractivity contribution in [1.82, 2.24) is 4.90 Å². The lowest BCUT2D eigenvalue weighted by Crippen LogP contribution is -2.29. The lowest BCUT2D eigenvalue weighted by molar-refractivity contribution is 0.255. The summed E-state index contributed by atoms with van der Waals surface area (Å²) >= 11 is 0. The van der Waals surface area contributed by atoms with Crippen LogP contribution in [0, 0.1) is 6.92 Å². The topological polar surface area (TPSA) is 12.5 Å². The molecule has 88 valence electrons. The second-order valence-electron chi connectivity index (χ2n) is 4.81. The Morgan fingerprint density at radius 3 is 2.56 bits per heavy atom. The number of hydrogen-bond acceptors (Lipinski definition) is 2. The van der Waals surface area contributed by atoms with Crippen LogP contribution in [0.4, 0.5) is 0 Å². The molecule has 1 aliphatic rings. The third kappa shape index (κ3) is 2.38. The van der Waals surface area contributed by atoms with E-state index in [4.69, 9.17) is 4.74 Å². The van der Waals surface area contributed by atoms with Crippen molar-refractivity contribution in [3.63, 3.8) is 0 Å². The van der Waals surface area contributed by atoms with Crippen LogP contribution >= 0.6 is 0 Å². The van der Waals surface area contributed by atoms with E-state index in [2.05, 4.69) is 37.1 Å². The van der Waals surface area contributed by atoms with E-state index < -0.39 is 0 Å². The van der Waals surface area contributed by atoms with Crippen LogP contribution in [0.25, 0.3) is 0 Å². The van der Waals surface area contributed by atoms with Gasteiger partial charge in [-0.15, -0.1) is 0 Å². The second-order valence-corrected chi connectivity index (χ2v) is 4.81. The monoisotopic (exact) mass is 219 g/mol. The van der Waals surface area contributed by atoms with E-state index in [1.54, 1.807) is 7.11 Å². The first kappa shape index (κ1) is 11.5. The van der Waals surface area contributed by atoms with Crippen LogP contribution in [-0.2, 0) is 0 Å². The maximum absolute atomic E-state index is 5.39. The van der Waals surface area contributed by atoms with Crippen molar-refractivity contribution in [2.75, 3.05) is 27.2 Å². The van der Waals surface area contributed by atoms with Gasteiger partial charge in [-0.3, -0.25) is 0 Å². The summed E-state index contributed by atoms with van der Waals surface area (Å²) in [5, 5.41) is 0. The average Bonchev–Trinajstić information content (AvgIpc) is 2.31. The van der Waals surface area contributed by atoms with E-state index in [-0.39, 0.29) is 0 Å². The summed E-state index contributed by atoms with van der Waals surface area (Å²) < 4.78 is 5.39. The zero-order valence-electron chi connectivity index (χ0n) is 10.5. The van der Waals surface area contributed by atoms with Crippen LogP contribution in [0.5, 0.6) is 5.75 Å². The van der Waals surface area contributed by atoms with E-state index in [0.717, 1.165) is 5.75 Å². The summed E-state index contributed by atoms with van der Waals surface area (Å²) in [6, 6.07) is 6.64. The lowest BCUT2D eigenvalue weighted by Gasteiger charge is -2.29. The number of benzene rings is 1. The van der Waals surface area contributed by atoms with Crippen molar-refractivity contribution < 1.29 is 4.74 Å². The first-order valence-electron chi connectivity index (χ1n) is 6.04. The highest BCUT2D eigenvalue weighted by Crippen LogP contribution is 2.30. The smallest absolute Gasteiger partial charge is 0.122 e. The van der Waals surface area contributed by atoms with Gasteiger partial charge in [-0.2, -0.15) is 0 Å². The average molecular weight is 219 g/mol. The fraction of sp³-hybridized carbons (Fsp3) is 0.571. The molecule has 2 nitrogen and oxygen atoms in total. The van der Waals surface area contributed by atoms with Gasteiger partial charge in [0.1, 0.15) is 5.75 Å². The Bertz CT molecular complexity index is 354. The van der Waals surface area contributed by atoms with Crippen LogP contribution in [0.3, 0.4) is 0 Å². The molecule has 0 amide bonds. The molecule has 0 radical (unpaired) electrons. The molecule has 0 aromatic heterocycles. The highest BCUT2D eigenvalue weighted by molar-refractivity contribution is 5.38. The molecule has 1 aromatic carbocycles. The van der Waals surface area contributed by atoms with Gasteiger partial charge >= 0.3 is 0 Å². The van der Waals surface area contributed by atoms with E-state index in [0.29, 0.717) is 5.92 Å². The summed E-state index contributed by atoms with van der Waals surface area (Å²) in [6.07, 6.45) is 2.53. The molecule has 0 aliphatic carbocycles. The minimum atomic E-state index is 0.714. The maximum atomic E-state index is 5.39. The molecule has 0 bridgehead atoms. The fourth-order valence-corrected chi connectivity index (χ4v) is 2.43. The molecule has 1 aliphatic heterocycles. The Morgan fingerprint density at radius 1 is 1.25 bits per heavy atom. The Morgan fingerprint density at radius 2 is 1.94 bits per heavy atom. The highest BCUT2D eigenvalue weighted by Gasteiger charge is 2.18. The summed E-state index contributed by atoms with van der Waals surface area (Å²) in [6.45, 7) is 4.51. The molecule has 2 rings (SSSR count). The summed E-state index contributed by atoms with van der Waals surface area (Å²) in [5.41, 5.74) is 2.66. The number of ether oxygens (including phenoxy) is 1. The Kier molecular flexibility index (Phi) is 3.49. The van der Waals surface area contributed by atoms with Crippen molar-refractivity contribution in [2.45, 2.75) is 25.7 Å². The number of nitrogens with zero attached hydrogens (tertiary/aromatic N) is 1. The number of hydrogen-bond donors (Lipinski definition) is 0. The number of aryl methyl sites for hydroxylation is 1. The molecular weight excluding hydrogens is 198 g/mol. The van der Waals surface area contributed by atoms with Crippen molar-refractivity contribution >= 4 is 0 Å². The van der Waals surface area contributed by atoms with E-state index >= 15 is 0 Å². The van der Waals surface area contributed by atoms with Gasteiger partial charge in [-0.1, -0.05) is 12.1 Å². The van der Waals surface area contributed by atoms with E-state index in [1.165, 1.54) is 37.1 Å². The molecule has 0 unspecified atom stereocenters. The van der Waals surface area contributed by atoms with Crippen LogP contribution < -0.4 is 4.74 Å². The number of likely N-dealkylation sites (tertiary alicyclic amines) is 1. The van der Waals surface area contributed by atoms with Crippen molar-refractivity contribution in [2.24, 2.45) is 0 Å². The molecule has 1 fully saturated rings. The number of piperidine rings is 1. The first-order chi connectivity index (χ1) is 7.70. The van der Waals surface area contributed by atoms with Gasteiger partial charge in [-0.05, 0) is 63.0 Å². The largest absolute Gasteiger partial charge is 0.496 e. The SMILES string of the molecule is COc1cc(C2CCN(C)CC2)ccc1C. The van der Waals surface area contributed by atoms with Crippen molar-refractivity contribution in [3.8, 4) is 5.75 Å². The maximum Gasteiger partial charge on any atom is 0.122 e. The van der Waals surface area contributed by atoms with Crippen LogP contribution in [-0.4, -0.2) is 32.1 Å². The lowest BCUT2D eigenvalue weighted by atomic mass is 9.89. The van der Waals surface area contributed by atoms with Gasteiger partial charge in [0, 0.05) is 0 Å². The van der Waals surface area contributed by atoms with Gasteiger partial charge < -0.3 is 9.64 Å². The Hall–Kier alpha value is -1.02. The van der Waals surface area contributed by atoms with Gasteiger partial charge in [0.25, 0.3) is 0 Å². The predicted molar refractivity (Wildman–Crippen MR) is 67.2 cm³/mol. The Balaban J connectivity index is 2.14. The summed E-state index contributed by atoms with van der Waals surface area (Å²) in [7, 11) is 3.95. The summed E-state index contributed by atoms with van der Waals surface area (Å²) in [5.74, 6) is 1.74. The van der Waals surface area contributed by atoms with Crippen molar-refractivity contribution in [1.29, 1.82) is 0 Å². The fourth-order valence-electron chi connectivity index (χ4n) is 2.43. The molecular formula is C14H21NO. The normalized spacial score (nSPS) is 18.7. The standard InChI is InChI=1S/C14H21NO/c1-11-4-5-13(10-14(11)16-3)12-6-8-15(2)9-7-12/h4-5,10,12H,6-9H2,1-3H3. The molecule has 1 saturated heterocycles. The minimum absolute atomic E-state index is 0.714. The molecule has 1 heterocycles. The third-order valence-electron chi connectivity index (χ3n) is 3.62. The highest BCUT2D eigenvalue weighted by atomic mass is 16.5. The van der Waals surface area contributed by atoms with Crippen LogP contribution in [0.15, 0.2) is 18.2 Å². The molecule has 2 heteroatoms. The molecule has 1 aromatic rings. The van der Waals surface area contributed by atoms with Gasteiger partial charge in [-0.25, -0.2) is 0 Å². The van der Waals surface area contributed by atoms with E-state index in [1.807, 2.05) is 0 Å². The van der Waals surface area contributed by atoms with Gasteiger partial charge in [0.15, 0.2) is 0 Å². The second kappa shape index (κ2) is 4.88. The van der Waals surface area contributed by atoms with Crippen LogP contribution in [0.1, 0.15) is 29.9 Å². The van der Waals surface area contributed by atoms with Gasteiger partial charge in [0.2, 0.25) is 0 Å². The summed E-state index contributed by atoms with van der Waals surface area (Å²) in [4.78, 5) is 2.40. The molecule has 16 heavy (non-hydrogen) atoms. The Labute approximate surface area is 98.2 Å². The molecule has 0 atom stereocenters. The van der Waals surface area contributed by atoms with E-state index in [9.17, 15) is 0 Å². The minimum Gasteiger partial charge on any atom is -0.496 e. The zero-order valence-corrected chi connectivity index (χ0v) is 10.5. The zero-order chi connectivity index (χ0) is 11.5. The molecule has 0 N–H and O–H groups in total. The van der Waals surface area contributed by atoms with Gasteiger partial charge in [0.05, 0.1) is 7.11 Å². The molecule has 0 spiro atoms. The number of methoxy groups -OCH3 is 1. The number of rotatable bonds is 2. The van der Waals surface area contributed by atoms with Crippen molar-refractivity contribution in [3.05, 3.63) is 29.3 Å². The first-order valence-corrected chi connectivity index (χ1v) is 6.04. The quantitative estimate of drug-likeness (QED) is 0.758.